The summed E-state index contributed by atoms with van der Waals surface area (Å²) in [6.07, 6.45) is 0.727. The Morgan fingerprint density at radius 3 is 2.83 bits per heavy atom. The number of carbonyl (C=O) groups excluding carboxylic acids is 1. The number of hydrogen-bond acceptors (Lipinski definition) is 6. The predicted molar refractivity (Wildman–Crippen MR) is 67.4 cm³/mol. The maximum Gasteiger partial charge on any atom is 0.311 e. The van der Waals surface area contributed by atoms with Gasteiger partial charge in [0.15, 0.2) is 0 Å². The van der Waals surface area contributed by atoms with E-state index < -0.39 is 10.8 Å². The Morgan fingerprint density at radius 1 is 1.56 bits per heavy atom. The van der Waals surface area contributed by atoms with Gasteiger partial charge < -0.3 is 16.4 Å². The van der Waals surface area contributed by atoms with Crippen LogP contribution in [0.25, 0.3) is 0 Å². The molecule has 1 rings (SSSR count). The van der Waals surface area contributed by atoms with E-state index in [9.17, 15) is 14.9 Å². The van der Waals surface area contributed by atoms with Gasteiger partial charge in [0.2, 0.25) is 11.7 Å². The molecular formula is C10H15N5O3. The van der Waals surface area contributed by atoms with Crippen LogP contribution >= 0.6 is 0 Å². The van der Waals surface area contributed by atoms with E-state index >= 15 is 0 Å². The lowest BCUT2D eigenvalue weighted by Gasteiger charge is -2.07. The molecule has 1 amide bonds. The first-order valence-electron chi connectivity index (χ1n) is 5.40. The lowest BCUT2D eigenvalue weighted by molar-refractivity contribution is -0.384. The SMILES string of the molecule is CNc1ccc([N+](=O)[O-])c(NCCCC(N)=O)n1. The summed E-state index contributed by atoms with van der Waals surface area (Å²) in [5.74, 6) is 0.303. The van der Waals surface area contributed by atoms with E-state index in [1.807, 2.05) is 0 Å². The Balaban J connectivity index is 2.71. The molecular weight excluding hydrogens is 238 g/mol. The number of nitrogens with two attached hydrogens (primary N) is 1. The molecule has 4 N–H and O–H groups in total. The third-order valence-electron chi connectivity index (χ3n) is 2.22. The number of rotatable bonds is 7. The lowest BCUT2D eigenvalue weighted by Crippen LogP contribution is -2.13. The smallest absolute Gasteiger partial charge is 0.311 e. The molecule has 0 aliphatic rings. The van der Waals surface area contributed by atoms with Crippen LogP contribution in [0, 0.1) is 10.1 Å². The van der Waals surface area contributed by atoms with E-state index in [-0.39, 0.29) is 17.9 Å². The summed E-state index contributed by atoms with van der Waals surface area (Å²) in [6, 6.07) is 2.89. The molecule has 0 atom stereocenters. The second kappa shape index (κ2) is 6.38. The molecule has 1 aromatic heterocycles. The number of nitro groups is 1. The van der Waals surface area contributed by atoms with Gasteiger partial charge in [0, 0.05) is 26.1 Å². The van der Waals surface area contributed by atoms with Crippen LogP contribution in [0.4, 0.5) is 17.3 Å². The maximum atomic E-state index is 10.8. The largest absolute Gasteiger partial charge is 0.373 e. The number of carbonyl (C=O) groups is 1. The zero-order valence-corrected chi connectivity index (χ0v) is 9.97. The van der Waals surface area contributed by atoms with Crippen molar-refractivity contribution in [1.82, 2.24) is 4.98 Å². The monoisotopic (exact) mass is 253 g/mol. The molecule has 0 fully saturated rings. The molecule has 1 heterocycles. The zero-order chi connectivity index (χ0) is 13.5. The van der Waals surface area contributed by atoms with Gasteiger partial charge in [0.25, 0.3) is 0 Å². The Bertz CT molecular complexity index is 449. The molecule has 8 heteroatoms. The van der Waals surface area contributed by atoms with Gasteiger partial charge in [-0.2, -0.15) is 0 Å². The van der Waals surface area contributed by atoms with Crippen molar-refractivity contribution in [2.45, 2.75) is 12.8 Å². The summed E-state index contributed by atoms with van der Waals surface area (Å²) in [5, 5.41) is 16.4. The molecule has 0 unspecified atom stereocenters. The highest BCUT2D eigenvalue weighted by Crippen LogP contribution is 2.23. The zero-order valence-electron chi connectivity index (χ0n) is 9.97. The van der Waals surface area contributed by atoms with E-state index in [0.29, 0.717) is 18.8 Å². The molecule has 0 spiro atoms. The van der Waals surface area contributed by atoms with Crippen molar-refractivity contribution in [2.75, 3.05) is 24.2 Å². The summed E-state index contributed by atoms with van der Waals surface area (Å²) in [4.78, 5) is 24.9. The van der Waals surface area contributed by atoms with Crippen molar-refractivity contribution < 1.29 is 9.72 Å². The van der Waals surface area contributed by atoms with E-state index in [1.165, 1.54) is 12.1 Å². The van der Waals surface area contributed by atoms with Gasteiger partial charge in [-0.1, -0.05) is 0 Å². The van der Waals surface area contributed by atoms with Gasteiger partial charge in [0.1, 0.15) is 5.82 Å². The number of primary amides is 1. The van der Waals surface area contributed by atoms with Crippen LogP contribution in [0.2, 0.25) is 0 Å². The van der Waals surface area contributed by atoms with Gasteiger partial charge in [-0.15, -0.1) is 0 Å². The lowest BCUT2D eigenvalue weighted by atomic mass is 10.3. The highest BCUT2D eigenvalue weighted by atomic mass is 16.6. The van der Waals surface area contributed by atoms with Crippen molar-refractivity contribution in [3.05, 3.63) is 22.2 Å². The summed E-state index contributed by atoms with van der Waals surface area (Å²) in [6.45, 7) is 0.393. The molecule has 1 aromatic rings. The van der Waals surface area contributed by atoms with Gasteiger partial charge in [-0.05, 0) is 12.5 Å². The Kier molecular flexibility index (Phi) is 4.85. The first-order chi connectivity index (χ1) is 8.54. The molecule has 98 valence electrons. The minimum atomic E-state index is -0.511. The van der Waals surface area contributed by atoms with Crippen molar-refractivity contribution in [2.24, 2.45) is 5.73 Å². The molecule has 0 aliphatic heterocycles. The van der Waals surface area contributed by atoms with Gasteiger partial charge in [-0.25, -0.2) is 4.98 Å². The summed E-state index contributed by atoms with van der Waals surface area (Å²) in [7, 11) is 1.67. The van der Waals surface area contributed by atoms with Crippen LogP contribution in [0.5, 0.6) is 0 Å². The normalized spacial score (nSPS) is 9.83. The van der Waals surface area contributed by atoms with Crippen molar-refractivity contribution in [3.8, 4) is 0 Å². The number of pyridine rings is 1. The fourth-order valence-electron chi connectivity index (χ4n) is 1.34. The molecule has 0 aromatic carbocycles. The average Bonchev–Trinajstić information content (AvgIpc) is 2.33. The number of aromatic nitrogens is 1. The third-order valence-corrected chi connectivity index (χ3v) is 2.22. The van der Waals surface area contributed by atoms with E-state index in [4.69, 9.17) is 5.73 Å². The van der Waals surface area contributed by atoms with Crippen LogP contribution < -0.4 is 16.4 Å². The highest BCUT2D eigenvalue weighted by Gasteiger charge is 2.15. The van der Waals surface area contributed by atoms with Crippen LogP contribution in [-0.4, -0.2) is 29.4 Å². The van der Waals surface area contributed by atoms with E-state index in [0.717, 1.165) is 0 Å². The number of amides is 1. The summed E-state index contributed by atoms with van der Waals surface area (Å²) >= 11 is 0. The first kappa shape index (κ1) is 13.7. The van der Waals surface area contributed by atoms with Crippen molar-refractivity contribution in [1.29, 1.82) is 0 Å². The molecule has 0 aliphatic carbocycles. The summed E-state index contributed by atoms with van der Waals surface area (Å²) in [5.41, 5.74) is 4.89. The number of nitrogens with one attached hydrogen (secondary N) is 2. The van der Waals surface area contributed by atoms with Gasteiger partial charge in [-0.3, -0.25) is 14.9 Å². The van der Waals surface area contributed by atoms with Gasteiger partial charge in [0.05, 0.1) is 4.92 Å². The predicted octanol–water partition coefficient (Wildman–Crippen LogP) is 0.709. The third kappa shape index (κ3) is 3.89. The minimum absolute atomic E-state index is 0.104. The topological polar surface area (TPSA) is 123 Å². The Labute approximate surface area is 104 Å². The Hall–Kier alpha value is -2.38. The molecule has 8 nitrogen and oxygen atoms in total. The highest BCUT2D eigenvalue weighted by molar-refractivity contribution is 5.73. The molecule has 0 saturated heterocycles. The van der Waals surface area contributed by atoms with E-state index in [1.54, 1.807) is 7.05 Å². The first-order valence-corrected chi connectivity index (χ1v) is 5.40. The number of hydrogen-bond donors (Lipinski definition) is 3. The second-order valence-electron chi connectivity index (χ2n) is 3.57. The van der Waals surface area contributed by atoms with Crippen LogP contribution in [0.1, 0.15) is 12.8 Å². The quantitative estimate of drug-likeness (QED) is 0.373. The fourth-order valence-corrected chi connectivity index (χ4v) is 1.34. The number of nitrogens with zero attached hydrogens (tertiary/aromatic N) is 2. The Morgan fingerprint density at radius 2 is 2.28 bits per heavy atom. The second-order valence-corrected chi connectivity index (χ2v) is 3.57. The van der Waals surface area contributed by atoms with Crippen LogP contribution in [0.3, 0.4) is 0 Å². The minimum Gasteiger partial charge on any atom is -0.373 e. The molecule has 0 saturated carbocycles. The summed E-state index contributed by atoms with van der Waals surface area (Å²) < 4.78 is 0. The fraction of sp³-hybridized carbons (Fsp3) is 0.400. The molecule has 0 radical (unpaired) electrons. The number of anilines is 2. The van der Waals surface area contributed by atoms with E-state index in [2.05, 4.69) is 15.6 Å². The van der Waals surface area contributed by atoms with Crippen molar-refractivity contribution in [3.63, 3.8) is 0 Å². The standard InChI is InChI=1S/C10H15N5O3/c1-12-9-5-4-7(15(17)18)10(14-9)13-6-2-3-8(11)16/h4-5H,2-3,6H2,1H3,(H2,11,16)(H2,12,13,14). The van der Waals surface area contributed by atoms with Crippen LogP contribution in [0.15, 0.2) is 12.1 Å². The molecule has 18 heavy (non-hydrogen) atoms. The van der Waals surface area contributed by atoms with Crippen LogP contribution in [-0.2, 0) is 4.79 Å². The molecule has 0 bridgehead atoms. The van der Waals surface area contributed by atoms with Gasteiger partial charge >= 0.3 is 5.69 Å². The van der Waals surface area contributed by atoms with Crippen molar-refractivity contribution >= 4 is 23.2 Å². The maximum absolute atomic E-state index is 10.8. The average molecular weight is 253 g/mol.